The lowest BCUT2D eigenvalue weighted by molar-refractivity contribution is -0.142. The van der Waals surface area contributed by atoms with Crippen LogP contribution in [0.3, 0.4) is 0 Å². The van der Waals surface area contributed by atoms with E-state index in [-0.39, 0.29) is 18.4 Å². The summed E-state index contributed by atoms with van der Waals surface area (Å²) in [7, 11) is 0. The van der Waals surface area contributed by atoms with E-state index in [1.807, 2.05) is 54.6 Å². The molecule has 2 atom stereocenters. The Labute approximate surface area is 180 Å². The fraction of sp³-hybridized carbons (Fsp3) is 0.231. The van der Waals surface area contributed by atoms with Crippen LogP contribution in [0.4, 0.5) is 4.79 Å². The van der Waals surface area contributed by atoms with E-state index in [1.54, 1.807) is 0 Å². The van der Waals surface area contributed by atoms with Gasteiger partial charge in [0.2, 0.25) is 0 Å². The van der Waals surface area contributed by atoms with E-state index < -0.39 is 18.1 Å². The van der Waals surface area contributed by atoms with Crippen LogP contribution in [-0.2, 0) is 9.53 Å². The van der Waals surface area contributed by atoms with E-state index in [4.69, 9.17) is 4.74 Å². The Kier molecular flexibility index (Phi) is 4.94. The first kappa shape index (κ1) is 19.4. The number of fused-ring (bicyclic) bond motifs is 3. The summed E-state index contributed by atoms with van der Waals surface area (Å²) in [5.41, 5.74) is 5.52. The molecule has 31 heavy (non-hydrogen) atoms. The van der Waals surface area contributed by atoms with Gasteiger partial charge >= 0.3 is 12.1 Å². The average Bonchev–Trinajstić information content (AvgIpc) is 3.38. The van der Waals surface area contributed by atoms with Crippen molar-refractivity contribution in [3.63, 3.8) is 0 Å². The fourth-order valence-corrected chi connectivity index (χ4v) is 5.03. The molecular formula is C26H23NO4. The number of aliphatic carboxylic acids is 1. The highest BCUT2D eigenvalue weighted by atomic mass is 16.6. The summed E-state index contributed by atoms with van der Waals surface area (Å²) in [5, 5.41) is 9.85. The summed E-state index contributed by atoms with van der Waals surface area (Å²) in [6.07, 6.45) is 0.0400. The fourth-order valence-electron chi connectivity index (χ4n) is 5.03. The second-order valence-corrected chi connectivity index (χ2v) is 8.09. The zero-order valence-electron chi connectivity index (χ0n) is 17.0. The molecule has 1 aliphatic heterocycles. The van der Waals surface area contributed by atoms with Crippen molar-refractivity contribution >= 4 is 12.1 Å². The third kappa shape index (κ3) is 3.36. The largest absolute Gasteiger partial charge is 0.480 e. The van der Waals surface area contributed by atoms with E-state index in [9.17, 15) is 14.7 Å². The van der Waals surface area contributed by atoms with Gasteiger partial charge in [0.1, 0.15) is 12.6 Å². The Morgan fingerprint density at radius 3 is 2.06 bits per heavy atom. The number of amides is 1. The van der Waals surface area contributed by atoms with E-state index in [1.165, 1.54) is 4.90 Å². The lowest BCUT2D eigenvalue weighted by atomic mass is 9.92. The first-order valence-electron chi connectivity index (χ1n) is 10.5. The van der Waals surface area contributed by atoms with E-state index in [0.717, 1.165) is 27.8 Å². The maximum absolute atomic E-state index is 13.0. The van der Waals surface area contributed by atoms with Crippen LogP contribution in [0.1, 0.15) is 34.9 Å². The van der Waals surface area contributed by atoms with Crippen LogP contribution in [-0.4, -0.2) is 41.3 Å². The van der Waals surface area contributed by atoms with Gasteiger partial charge in [-0.1, -0.05) is 78.9 Å². The number of benzene rings is 3. The highest BCUT2D eigenvalue weighted by Gasteiger charge is 2.43. The van der Waals surface area contributed by atoms with Crippen LogP contribution in [0.2, 0.25) is 0 Å². The molecule has 1 amide bonds. The predicted octanol–water partition coefficient (Wildman–Crippen LogP) is 4.88. The zero-order chi connectivity index (χ0) is 21.4. The second-order valence-electron chi connectivity index (χ2n) is 8.09. The number of carboxylic acid groups (broad SMARTS) is 1. The number of carboxylic acids is 1. The molecule has 1 aliphatic carbocycles. The maximum Gasteiger partial charge on any atom is 0.410 e. The van der Waals surface area contributed by atoms with Crippen LogP contribution in [0, 0.1) is 0 Å². The van der Waals surface area contributed by atoms with Gasteiger partial charge in [0.25, 0.3) is 0 Å². The SMILES string of the molecule is O=C(O)[C@@H]1[C@@H](c2ccccc2)CCN1C(=O)OCC1c2ccccc2-c2ccccc21. The number of nitrogens with zero attached hydrogens (tertiary/aromatic N) is 1. The number of hydrogen-bond acceptors (Lipinski definition) is 3. The Bertz CT molecular complexity index is 1080. The first-order valence-corrected chi connectivity index (χ1v) is 10.5. The Morgan fingerprint density at radius 2 is 1.45 bits per heavy atom. The molecule has 156 valence electrons. The molecule has 5 heteroatoms. The van der Waals surface area contributed by atoms with E-state index in [2.05, 4.69) is 24.3 Å². The normalized spacial score (nSPS) is 19.7. The first-order chi connectivity index (χ1) is 15.1. The zero-order valence-corrected chi connectivity index (χ0v) is 17.0. The van der Waals surface area contributed by atoms with Crippen LogP contribution >= 0.6 is 0 Å². The van der Waals surface area contributed by atoms with Crippen molar-refractivity contribution in [3.8, 4) is 11.1 Å². The van der Waals surface area contributed by atoms with Crippen molar-refractivity contribution in [1.82, 2.24) is 4.90 Å². The molecule has 0 radical (unpaired) electrons. The number of rotatable bonds is 4. The van der Waals surface area contributed by atoms with Gasteiger partial charge < -0.3 is 9.84 Å². The van der Waals surface area contributed by atoms with Gasteiger partial charge in [-0.2, -0.15) is 0 Å². The van der Waals surface area contributed by atoms with E-state index in [0.29, 0.717) is 13.0 Å². The van der Waals surface area contributed by atoms with Gasteiger partial charge in [-0.05, 0) is 34.2 Å². The molecule has 5 rings (SSSR count). The third-order valence-corrected chi connectivity index (χ3v) is 6.45. The van der Waals surface area contributed by atoms with Crippen molar-refractivity contribution in [2.75, 3.05) is 13.2 Å². The van der Waals surface area contributed by atoms with Crippen molar-refractivity contribution in [2.45, 2.75) is 24.3 Å². The molecule has 3 aromatic rings. The lowest BCUT2D eigenvalue weighted by Crippen LogP contribution is -2.43. The van der Waals surface area contributed by atoms with Crippen molar-refractivity contribution in [3.05, 3.63) is 95.6 Å². The van der Waals surface area contributed by atoms with Gasteiger partial charge in [0, 0.05) is 18.4 Å². The number of carbonyl (C=O) groups is 2. The molecule has 0 spiro atoms. The molecule has 1 heterocycles. The summed E-state index contributed by atoms with van der Waals surface area (Å²) in [6, 6.07) is 24.9. The second kappa shape index (κ2) is 7.91. The van der Waals surface area contributed by atoms with Gasteiger partial charge in [0.15, 0.2) is 0 Å². The minimum atomic E-state index is -1.00. The highest BCUT2D eigenvalue weighted by molar-refractivity contribution is 5.82. The van der Waals surface area contributed by atoms with Crippen LogP contribution in [0.15, 0.2) is 78.9 Å². The summed E-state index contributed by atoms with van der Waals surface area (Å²) in [6.45, 7) is 0.554. The maximum atomic E-state index is 13.0. The van der Waals surface area contributed by atoms with Gasteiger partial charge in [-0.3, -0.25) is 4.90 Å². The van der Waals surface area contributed by atoms with Gasteiger partial charge in [-0.25, -0.2) is 9.59 Å². The molecule has 0 unspecified atom stereocenters. The highest BCUT2D eigenvalue weighted by Crippen LogP contribution is 2.44. The Hall–Kier alpha value is -3.60. The lowest BCUT2D eigenvalue weighted by Gasteiger charge is -2.25. The predicted molar refractivity (Wildman–Crippen MR) is 117 cm³/mol. The molecule has 1 N–H and O–H groups in total. The third-order valence-electron chi connectivity index (χ3n) is 6.45. The number of likely N-dealkylation sites (tertiary alicyclic amines) is 1. The molecule has 2 aliphatic rings. The van der Waals surface area contributed by atoms with Crippen molar-refractivity contribution in [1.29, 1.82) is 0 Å². The Morgan fingerprint density at radius 1 is 0.871 bits per heavy atom. The van der Waals surface area contributed by atoms with Crippen LogP contribution in [0.5, 0.6) is 0 Å². The monoisotopic (exact) mass is 413 g/mol. The quantitative estimate of drug-likeness (QED) is 0.662. The van der Waals surface area contributed by atoms with Crippen molar-refractivity contribution < 1.29 is 19.4 Å². The minimum Gasteiger partial charge on any atom is -0.480 e. The van der Waals surface area contributed by atoms with E-state index >= 15 is 0 Å². The number of carbonyl (C=O) groups excluding carboxylic acids is 1. The summed E-state index contributed by atoms with van der Waals surface area (Å²) in [5.74, 6) is -1.29. The van der Waals surface area contributed by atoms with Crippen molar-refractivity contribution in [2.24, 2.45) is 0 Å². The molecule has 0 aromatic heterocycles. The molecule has 0 saturated carbocycles. The molecule has 1 saturated heterocycles. The van der Waals surface area contributed by atoms with Gasteiger partial charge in [-0.15, -0.1) is 0 Å². The average molecular weight is 413 g/mol. The summed E-state index contributed by atoms with van der Waals surface area (Å²) < 4.78 is 5.71. The minimum absolute atomic E-state index is 0.0489. The smallest absolute Gasteiger partial charge is 0.410 e. The molecule has 3 aromatic carbocycles. The summed E-state index contributed by atoms with van der Waals surface area (Å²) >= 11 is 0. The summed E-state index contributed by atoms with van der Waals surface area (Å²) in [4.78, 5) is 26.4. The number of ether oxygens (including phenoxy) is 1. The molecule has 5 nitrogen and oxygen atoms in total. The van der Waals surface area contributed by atoms with Gasteiger partial charge in [0.05, 0.1) is 0 Å². The molecular weight excluding hydrogens is 390 g/mol. The molecule has 1 fully saturated rings. The number of hydrogen-bond donors (Lipinski definition) is 1. The topological polar surface area (TPSA) is 66.8 Å². The molecule has 0 bridgehead atoms. The standard InChI is InChI=1S/C26H23NO4/c28-25(29)24-18(17-8-2-1-3-9-17)14-15-27(24)26(30)31-16-23-21-12-6-4-10-19(21)20-11-5-7-13-22(20)23/h1-13,18,23-24H,14-16H2,(H,28,29)/t18-,24+/m1/s1. The Balaban J connectivity index is 1.35. The van der Waals surface area contributed by atoms with Crippen LogP contribution < -0.4 is 0 Å². The van der Waals surface area contributed by atoms with Crippen LogP contribution in [0.25, 0.3) is 11.1 Å².